The standard InChI is InChI=1S/C18H16ClN3O2/c1-11-20-15(12-3-6-14(24-2)7-4-12)10-18(21-11)22-16-9-13(19)5-8-17(16)23/h3-10,23H,1-2H3,(H,20,21,22). The van der Waals surface area contributed by atoms with Crippen molar-refractivity contribution in [3.8, 4) is 22.8 Å². The van der Waals surface area contributed by atoms with Crippen molar-refractivity contribution in [2.24, 2.45) is 0 Å². The maximum absolute atomic E-state index is 9.93. The number of ether oxygens (including phenoxy) is 1. The first-order valence-electron chi connectivity index (χ1n) is 7.31. The average molecular weight is 342 g/mol. The number of phenols is 1. The van der Waals surface area contributed by atoms with Gasteiger partial charge in [0.1, 0.15) is 23.1 Å². The van der Waals surface area contributed by atoms with Gasteiger partial charge in [-0.3, -0.25) is 0 Å². The number of aromatic nitrogens is 2. The summed E-state index contributed by atoms with van der Waals surface area (Å²) < 4.78 is 5.17. The van der Waals surface area contributed by atoms with Gasteiger partial charge < -0.3 is 15.2 Å². The maximum atomic E-state index is 9.93. The van der Waals surface area contributed by atoms with Crippen LogP contribution in [-0.4, -0.2) is 22.2 Å². The van der Waals surface area contributed by atoms with Crippen molar-refractivity contribution < 1.29 is 9.84 Å². The summed E-state index contributed by atoms with van der Waals surface area (Å²) in [6.07, 6.45) is 0. The van der Waals surface area contributed by atoms with E-state index in [0.717, 1.165) is 17.0 Å². The summed E-state index contributed by atoms with van der Waals surface area (Å²) in [5.74, 6) is 2.08. The Labute approximate surface area is 144 Å². The first kappa shape index (κ1) is 16.1. The summed E-state index contributed by atoms with van der Waals surface area (Å²) in [5, 5.41) is 13.5. The van der Waals surface area contributed by atoms with Crippen molar-refractivity contribution in [3.63, 3.8) is 0 Å². The molecule has 6 heteroatoms. The molecule has 0 aliphatic heterocycles. The van der Waals surface area contributed by atoms with Gasteiger partial charge in [-0.1, -0.05) is 11.6 Å². The minimum absolute atomic E-state index is 0.0988. The Morgan fingerprint density at radius 2 is 1.79 bits per heavy atom. The molecule has 0 saturated heterocycles. The van der Waals surface area contributed by atoms with Gasteiger partial charge in [-0.15, -0.1) is 0 Å². The van der Waals surface area contributed by atoms with Gasteiger partial charge in [-0.25, -0.2) is 9.97 Å². The second-order valence-corrected chi connectivity index (χ2v) is 5.64. The first-order chi connectivity index (χ1) is 11.5. The predicted octanol–water partition coefficient (Wildman–Crippen LogP) is 4.56. The van der Waals surface area contributed by atoms with Gasteiger partial charge in [0.25, 0.3) is 0 Å². The number of hydrogen-bond donors (Lipinski definition) is 2. The Balaban J connectivity index is 1.95. The van der Waals surface area contributed by atoms with E-state index >= 15 is 0 Å². The maximum Gasteiger partial charge on any atom is 0.139 e. The van der Waals surface area contributed by atoms with Crippen molar-refractivity contribution in [1.82, 2.24) is 9.97 Å². The number of nitrogens with one attached hydrogen (secondary N) is 1. The van der Waals surface area contributed by atoms with Crippen molar-refractivity contribution in [1.29, 1.82) is 0 Å². The highest BCUT2D eigenvalue weighted by Crippen LogP contribution is 2.30. The van der Waals surface area contributed by atoms with Crippen LogP contribution in [0.25, 0.3) is 11.3 Å². The van der Waals surface area contributed by atoms with Gasteiger partial charge in [-0.2, -0.15) is 0 Å². The van der Waals surface area contributed by atoms with Crippen LogP contribution in [0, 0.1) is 6.92 Å². The lowest BCUT2D eigenvalue weighted by atomic mass is 10.1. The number of aromatic hydroxyl groups is 1. The topological polar surface area (TPSA) is 67.3 Å². The molecule has 1 heterocycles. The van der Waals surface area contributed by atoms with Crippen LogP contribution in [0.15, 0.2) is 48.5 Å². The zero-order chi connectivity index (χ0) is 17.1. The van der Waals surface area contributed by atoms with E-state index in [1.54, 1.807) is 19.2 Å². The molecule has 122 valence electrons. The molecule has 0 saturated carbocycles. The monoisotopic (exact) mass is 341 g/mol. The third kappa shape index (κ3) is 3.58. The molecule has 5 nitrogen and oxygen atoms in total. The van der Waals surface area contributed by atoms with Crippen LogP contribution in [0.3, 0.4) is 0 Å². The van der Waals surface area contributed by atoms with Crippen molar-refractivity contribution in [3.05, 3.63) is 59.4 Å². The van der Waals surface area contributed by atoms with Crippen LogP contribution in [0.2, 0.25) is 5.02 Å². The van der Waals surface area contributed by atoms with E-state index in [-0.39, 0.29) is 5.75 Å². The summed E-state index contributed by atoms with van der Waals surface area (Å²) in [6.45, 7) is 1.82. The molecule has 3 aromatic rings. The lowest BCUT2D eigenvalue weighted by Gasteiger charge is -2.11. The molecule has 0 aliphatic carbocycles. The number of rotatable bonds is 4. The summed E-state index contributed by atoms with van der Waals surface area (Å²) in [4.78, 5) is 8.82. The van der Waals surface area contributed by atoms with E-state index in [1.165, 1.54) is 6.07 Å². The van der Waals surface area contributed by atoms with E-state index in [0.29, 0.717) is 22.4 Å². The van der Waals surface area contributed by atoms with Crippen LogP contribution in [-0.2, 0) is 0 Å². The minimum atomic E-state index is 0.0988. The van der Waals surface area contributed by atoms with Crippen LogP contribution in [0.1, 0.15) is 5.82 Å². The summed E-state index contributed by atoms with van der Waals surface area (Å²) in [7, 11) is 1.63. The number of methoxy groups -OCH3 is 1. The number of hydrogen-bond acceptors (Lipinski definition) is 5. The molecular weight excluding hydrogens is 326 g/mol. The van der Waals surface area contributed by atoms with E-state index in [4.69, 9.17) is 16.3 Å². The number of phenolic OH excluding ortho intramolecular Hbond substituents is 1. The zero-order valence-electron chi connectivity index (χ0n) is 13.2. The quantitative estimate of drug-likeness (QED) is 0.681. The van der Waals surface area contributed by atoms with Crippen molar-refractivity contribution >= 4 is 23.1 Å². The minimum Gasteiger partial charge on any atom is -0.506 e. The number of anilines is 2. The Bertz CT molecular complexity index is 867. The normalized spacial score (nSPS) is 10.5. The first-order valence-corrected chi connectivity index (χ1v) is 7.68. The van der Waals surface area contributed by atoms with E-state index in [2.05, 4.69) is 15.3 Å². The highest BCUT2D eigenvalue weighted by Gasteiger charge is 2.08. The number of benzene rings is 2. The summed E-state index contributed by atoms with van der Waals surface area (Å²) >= 11 is 5.97. The molecule has 0 amide bonds. The van der Waals surface area contributed by atoms with Crippen LogP contribution < -0.4 is 10.1 Å². The van der Waals surface area contributed by atoms with Crippen LogP contribution in [0.4, 0.5) is 11.5 Å². The Morgan fingerprint density at radius 3 is 2.50 bits per heavy atom. The van der Waals surface area contributed by atoms with Gasteiger partial charge in [0.15, 0.2) is 0 Å². The highest BCUT2D eigenvalue weighted by atomic mass is 35.5. The predicted molar refractivity (Wildman–Crippen MR) is 95.2 cm³/mol. The second-order valence-electron chi connectivity index (χ2n) is 5.20. The van der Waals surface area contributed by atoms with Gasteiger partial charge in [0, 0.05) is 16.7 Å². The zero-order valence-corrected chi connectivity index (χ0v) is 14.0. The van der Waals surface area contributed by atoms with Crippen LogP contribution in [0.5, 0.6) is 11.5 Å². The molecule has 24 heavy (non-hydrogen) atoms. The molecule has 0 spiro atoms. The fraction of sp³-hybridized carbons (Fsp3) is 0.111. The lowest BCUT2D eigenvalue weighted by molar-refractivity contribution is 0.415. The Kier molecular flexibility index (Phi) is 4.53. The van der Waals surface area contributed by atoms with Gasteiger partial charge in [-0.05, 0) is 49.4 Å². The third-order valence-corrected chi connectivity index (χ3v) is 3.68. The molecule has 2 aromatic carbocycles. The SMILES string of the molecule is COc1ccc(-c2cc(Nc3cc(Cl)ccc3O)nc(C)n2)cc1. The molecule has 0 bridgehead atoms. The highest BCUT2D eigenvalue weighted by molar-refractivity contribution is 6.30. The van der Waals surface area contributed by atoms with Gasteiger partial charge >= 0.3 is 0 Å². The molecule has 0 radical (unpaired) electrons. The number of nitrogens with zero attached hydrogens (tertiary/aromatic N) is 2. The molecule has 0 fully saturated rings. The van der Waals surface area contributed by atoms with E-state index < -0.39 is 0 Å². The molecular formula is C18H16ClN3O2. The second kappa shape index (κ2) is 6.76. The average Bonchev–Trinajstić information content (AvgIpc) is 2.58. The molecule has 2 N–H and O–H groups in total. The third-order valence-electron chi connectivity index (χ3n) is 3.45. The largest absolute Gasteiger partial charge is 0.506 e. The lowest BCUT2D eigenvalue weighted by Crippen LogP contribution is -1.99. The Morgan fingerprint density at radius 1 is 1.04 bits per heavy atom. The smallest absolute Gasteiger partial charge is 0.139 e. The van der Waals surface area contributed by atoms with Gasteiger partial charge in [0.05, 0.1) is 18.5 Å². The fourth-order valence-electron chi connectivity index (χ4n) is 2.29. The number of halogens is 1. The van der Waals surface area contributed by atoms with E-state index in [1.807, 2.05) is 37.3 Å². The fourth-order valence-corrected chi connectivity index (χ4v) is 2.46. The molecule has 3 rings (SSSR count). The number of aryl methyl sites for hydroxylation is 1. The van der Waals surface area contributed by atoms with Gasteiger partial charge in [0.2, 0.25) is 0 Å². The summed E-state index contributed by atoms with van der Waals surface area (Å²) in [5.41, 5.74) is 2.20. The molecule has 1 aromatic heterocycles. The van der Waals surface area contributed by atoms with Crippen molar-refractivity contribution in [2.75, 3.05) is 12.4 Å². The van der Waals surface area contributed by atoms with E-state index in [9.17, 15) is 5.11 Å². The Hall–Kier alpha value is -2.79. The molecule has 0 atom stereocenters. The van der Waals surface area contributed by atoms with Crippen molar-refractivity contribution in [2.45, 2.75) is 6.92 Å². The molecule has 0 unspecified atom stereocenters. The molecule has 0 aliphatic rings. The van der Waals surface area contributed by atoms with Crippen LogP contribution >= 0.6 is 11.6 Å². The summed E-state index contributed by atoms with van der Waals surface area (Å²) in [6, 6.07) is 14.2.